The van der Waals surface area contributed by atoms with Gasteiger partial charge in [-0.1, -0.05) is 455 Å². The number of hydrogen-bond acceptors (Lipinski definition) is 0. The summed E-state index contributed by atoms with van der Waals surface area (Å²) in [4.78, 5) is 0. The SMILES string of the molecule is c1cc(-c2ccc3cc(-c4ccc5ccccc5c4)ccc3c2)cc(-c2ccc3c4c(cccc24)-c2ccccc2-3)c1.c1ccc(-c2ccc3cc(-c4ccc5c6c(cccc46)-c4c-5c(-c5ccccc5)c5ccccc5c4-c4ccccc4)ccc3c2)cc1.c1ccc2cc(-c3c4ccccc4c(-c4ccc(-c5cccc6ccccc56)cc4)c4ccccc34)ccc2c1. The van der Waals surface area contributed by atoms with Crippen molar-refractivity contribution in [3.05, 3.63) is 497 Å². The van der Waals surface area contributed by atoms with Crippen LogP contribution in [0.4, 0.5) is 0 Å². The Morgan fingerprint density at radius 1 is 0.0846 bits per heavy atom. The zero-order chi connectivity index (χ0) is 85.7. The van der Waals surface area contributed by atoms with Crippen molar-refractivity contribution in [1.29, 1.82) is 0 Å². The molecule has 0 N–H and O–H groups in total. The molecule has 25 aromatic carbocycles. The molecule has 25 aromatic rings. The molecular formula is C130H82. The van der Waals surface area contributed by atoms with Gasteiger partial charge in [0.2, 0.25) is 0 Å². The summed E-state index contributed by atoms with van der Waals surface area (Å²) in [5.74, 6) is 0. The van der Waals surface area contributed by atoms with Gasteiger partial charge in [0.25, 0.3) is 0 Å². The van der Waals surface area contributed by atoms with E-state index in [0.717, 1.165) is 0 Å². The lowest BCUT2D eigenvalue weighted by molar-refractivity contribution is 1.62. The van der Waals surface area contributed by atoms with Gasteiger partial charge in [-0.15, -0.1) is 0 Å². The summed E-state index contributed by atoms with van der Waals surface area (Å²) in [5.41, 5.74) is 35.9. The second kappa shape index (κ2) is 31.6. The van der Waals surface area contributed by atoms with E-state index in [1.54, 1.807) is 0 Å². The van der Waals surface area contributed by atoms with Crippen molar-refractivity contribution in [1.82, 2.24) is 0 Å². The molecule has 0 fully saturated rings. The predicted octanol–water partition coefficient (Wildman–Crippen LogP) is 36.6. The molecule has 0 aromatic heterocycles. The Labute approximate surface area is 755 Å². The van der Waals surface area contributed by atoms with Gasteiger partial charge in [0.1, 0.15) is 0 Å². The fraction of sp³-hybridized carbons (Fsp3) is 0. The van der Waals surface area contributed by atoms with Gasteiger partial charge >= 0.3 is 0 Å². The number of benzene rings is 25. The van der Waals surface area contributed by atoms with Crippen molar-refractivity contribution in [2.75, 3.05) is 0 Å². The lowest BCUT2D eigenvalue weighted by atomic mass is 9.82. The smallest absolute Gasteiger partial charge is 0.000741 e. The third kappa shape index (κ3) is 13.0. The summed E-state index contributed by atoms with van der Waals surface area (Å²) in [6.07, 6.45) is 0. The summed E-state index contributed by atoms with van der Waals surface area (Å²) in [5, 5.41) is 25.7. The van der Waals surface area contributed by atoms with Gasteiger partial charge in [-0.05, 0) is 306 Å². The molecule has 0 unspecified atom stereocenters. The normalized spacial score (nSPS) is 11.7. The molecule has 2 aliphatic carbocycles. The average Bonchev–Trinajstić information content (AvgIpc) is 1.55. The van der Waals surface area contributed by atoms with Crippen molar-refractivity contribution in [3.8, 4) is 156 Å². The van der Waals surface area contributed by atoms with Crippen molar-refractivity contribution in [2.24, 2.45) is 0 Å². The van der Waals surface area contributed by atoms with Crippen LogP contribution in [-0.4, -0.2) is 0 Å². The molecule has 0 saturated heterocycles. The first-order valence-corrected chi connectivity index (χ1v) is 45.1. The van der Waals surface area contributed by atoms with Crippen molar-refractivity contribution in [2.45, 2.75) is 0 Å². The predicted molar refractivity (Wildman–Crippen MR) is 558 cm³/mol. The van der Waals surface area contributed by atoms with E-state index >= 15 is 0 Å². The highest BCUT2D eigenvalue weighted by Crippen LogP contribution is 2.59. The molecule has 0 saturated carbocycles. The minimum Gasteiger partial charge on any atom is -0.0622 e. The molecule has 0 heterocycles. The largest absolute Gasteiger partial charge is 0.0622 e. The van der Waals surface area contributed by atoms with Crippen LogP contribution in [0.1, 0.15) is 0 Å². The summed E-state index contributed by atoms with van der Waals surface area (Å²) in [6, 6.07) is 182. The summed E-state index contributed by atoms with van der Waals surface area (Å²) in [7, 11) is 0. The average molecular weight is 1640 g/mol. The molecule has 0 heteroatoms. The second-order valence-electron chi connectivity index (χ2n) is 34.7. The zero-order valence-electron chi connectivity index (χ0n) is 71.3. The first-order valence-electron chi connectivity index (χ1n) is 45.1. The van der Waals surface area contributed by atoms with Gasteiger partial charge in [0, 0.05) is 0 Å². The Morgan fingerprint density at radius 2 is 0.331 bits per heavy atom. The number of fused-ring (bicyclic) bond motifs is 14. The number of hydrogen-bond donors (Lipinski definition) is 0. The first-order chi connectivity index (χ1) is 64.5. The molecule has 0 bridgehead atoms. The Kier molecular flexibility index (Phi) is 18.4. The third-order valence-corrected chi connectivity index (χ3v) is 27.4. The Morgan fingerprint density at radius 3 is 0.854 bits per heavy atom. The van der Waals surface area contributed by atoms with Gasteiger partial charge in [0.15, 0.2) is 0 Å². The van der Waals surface area contributed by atoms with Gasteiger partial charge in [-0.2, -0.15) is 0 Å². The molecule has 2 aliphatic rings. The quantitative estimate of drug-likeness (QED) is 0.120. The van der Waals surface area contributed by atoms with Gasteiger partial charge in [-0.25, -0.2) is 0 Å². The van der Waals surface area contributed by atoms with Crippen LogP contribution in [0.25, 0.3) is 264 Å². The number of rotatable bonds is 10. The summed E-state index contributed by atoms with van der Waals surface area (Å²) in [6.45, 7) is 0. The molecule has 0 atom stereocenters. The molecular weight excluding hydrogens is 1560 g/mol. The molecule has 602 valence electrons. The van der Waals surface area contributed by atoms with Gasteiger partial charge in [-0.3, -0.25) is 0 Å². The monoisotopic (exact) mass is 1640 g/mol. The van der Waals surface area contributed by atoms with Crippen LogP contribution >= 0.6 is 0 Å². The zero-order valence-corrected chi connectivity index (χ0v) is 71.3. The maximum Gasteiger partial charge on any atom is -0.000741 e. The van der Waals surface area contributed by atoms with E-state index in [2.05, 4.69) is 497 Å². The Bertz CT molecular complexity index is 8700. The van der Waals surface area contributed by atoms with E-state index in [0.29, 0.717) is 0 Å². The molecule has 0 radical (unpaired) electrons. The lowest BCUT2D eigenvalue weighted by Gasteiger charge is -2.20. The van der Waals surface area contributed by atoms with Crippen molar-refractivity contribution in [3.63, 3.8) is 0 Å². The minimum atomic E-state index is 1.24. The first kappa shape index (κ1) is 75.6. The van der Waals surface area contributed by atoms with E-state index in [4.69, 9.17) is 0 Å². The van der Waals surface area contributed by atoms with E-state index < -0.39 is 0 Å². The summed E-state index contributed by atoms with van der Waals surface area (Å²) < 4.78 is 0. The van der Waals surface area contributed by atoms with Crippen LogP contribution in [0.15, 0.2) is 497 Å². The fourth-order valence-corrected chi connectivity index (χ4v) is 21.4. The second-order valence-corrected chi connectivity index (χ2v) is 34.7. The molecule has 130 heavy (non-hydrogen) atoms. The molecule has 27 rings (SSSR count). The maximum atomic E-state index is 2.38. The van der Waals surface area contributed by atoms with Gasteiger partial charge in [0.05, 0.1) is 0 Å². The molecule has 0 aliphatic heterocycles. The van der Waals surface area contributed by atoms with Crippen LogP contribution in [0, 0.1) is 0 Å². The highest BCUT2D eigenvalue weighted by molar-refractivity contribution is 6.30. The molecule has 0 amide bonds. The summed E-state index contributed by atoms with van der Waals surface area (Å²) >= 11 is 0. The van der Waals surface area contributed by atoms with Crippen LogP contribution in [0.2, 0.25) is 0 Å². The van der Waals surface area contributed by atoms with E-state index in [9.17, 15) is 0 Å². The minimum absolute atomic E-state index is 1.24. The van der Waals surface area contributed by atoms with Crippen LogP contribution in [-0.2, 0) is 0 Å². The van der Waals surface area contributed by atoms with E-state index in [1.165, 1.54) is 264 Å². The van der Waals surface area contributed by atoms with E-state index in [-0.39, 0.29) is 0 Å². The maximum absolute atomic E-state index is 2.38. The van der Waals surface area contributed by atoms with Crippen molar-refractivity contribution >= 4 is 108 Å². The Hall–Kier alpha value is -16.9. The molecule has 0 spiro atoms. The lowest BCUT2D eigenvalue weighted by Crippen LogP contribution is -1.93. The standard InChI is InChI=1S/C48H30.C42H26.C40H26/c1-4-13-31(14-5-1)34-23-24-36-30-37(26-25-35(36)29-34)38-27-28-43-46-39(38)21-12-22-42(46)47-44(32-15-6-2-7-16-32)40-19-10-11-20-41(40)45(48(43)47)33-17-8-3-9-18-33;1-2-8-28-23-31(16-15-27(28)7-1)33-20-19-32-24-30(17-18-34(32)25-33)29-9-5-10-35(26-29)36-21-22-41-38-12-4-3-11-37(38)40-14-6-13-39(36)42(40)41;1-2-12-31-26-32(25-20-27(31)10-1)40-37-17-7-5-15-35(37)39(36-16-6-8-18-38(36)40)30-23-21-29(22-24-30)34-19-9-13-28-11-3-4-14-33(28)34/h1-30H;1-26H;1-26H. The Balaban J connectivity index is 0.000000106. The third-order valence-electron chi connectivity index (χ3n) is 27.4. The topological polar surface area (TPSA) is 0 Å². The van der Waals surface area contributed by atoms with Gasteiger partial charge < -0.3 is 0 Å². The highest BCUT2D eigenvalue weighted by atomic mass is 14.3. The van der Waals surface area contributed by atoms with E-state index in [1.807, 2.05) is 0 Å². The van der Waals surface area contributed by atoms with Crippen LogP contribution in [0.3, 0.4) is 0 Å². The van der Waals surface area contributed by atoms with Crippen molar-refractivity contribution < 1.29 is 0 Å². The van der Waals surface area contributed by atoms with Crippen LogP contribution < -0.4 is 0 Å². The molecule has 0 nitrogen and oxygen atoms in total. The highest BCUT2D eigenvalue weighted by Gasteiger charge is 2.32. The van der Waals surface area contributed by atoms with Crippen LogP contribution in [0.5, 0.6) is 0 Å². The fourth-order valence-electron chi connectivity index (χ4n) is 21.4.